The molecule has 0 radical (unpaired) electrons. The summed E-state index contributed by atoms with van der Waals surface area (Å²) in [5.74, 6) is 1.08. The third-order valence-corrected chi connectivity index (χ3v) is 7.17. The molecule has 1 spiro atoms. The highest BCUT2D eigenvalue weighted by molar-refractivity contribution is 8.00. The lowest BCUT2D eigenvalue weighted by Gasteiger charge is -2.44. The van der Waals surface area contributed by atoms with Crippen molar-refractivity contribution in [2.24, 2.45) is 0 Å². The van der Waals surface area contributed by atoms with Crippen LogP contribution in [0.1, 0.15) is 49.5 Å². The van der Waals surface area contributed by atoms with Crippen molar-refractivity contribution in [2.75, 3.05) is 39.5 Å². The summed E-state index contributed by atoms with van der Waals surface area (Å²) < 4.78 is 0. The summed E-state index contributed by atoms with van der Waals surface area (Å²) in [6.45, 7) is 8.73. The number of benzene rings is 1. The van der Waals surface area contributed by atoms with Gasteiger partial charge in [0.15, 0.2) is 0 Å². The Bertz CT molecular complexity index is 701. The predicted molar refractivity (Wildman–Crippen MR) is 111 cm³/mol. The zero-order valence-corrected chi connectivity index (χ0v) is 17.9. The van der Waals surface area contributed by atoms with Crippen LogP contribution < -0.4 is 0 Å². The highest BCUT2D eigenvalue weighted by Gasteiger charge is 2.47. The van der Waals surface area contributed by atoms with Gasteiger partial charge >= 0.3 is 6.03 Å². The second-order valence-corrected chi connectivity index (χ2v) is 10.2. The topological polar surface area (TPSA) is 43.9 Å². The summed E-state index contributed by atoms with van der Waals surface area (Å²) in [4.78, 5) is 30.9. The van der Waals surface area contributed by atoms with Gasteiger partial charge in [0.1, 0.15) is 0 Å². The molecule has 6 heteroatoms. The third-order valence-electron chi connectivity index (χ3n) is 5.62. The average molecular weight is 390 g/mol. The van der Waals surface area contributed by atoms with Crippen LogP contribution >= 0.6 is 11.8 Å². The predicted octanol–water partition coefficient (Wildman–Crippen LogP) is 3.65. The Balaban J connectivity index is 1.73. The van der Waals surface area contributed by atoms with Crippen LogP contribution in [0.15, 0.2) is 24.3 Å². The van der Waals surface area contributed by atoms with E-state index in [2.05, 4.69) is 37.8 Å². The lowest BCUT2D eigenvalue weighted by Crippen LogP contribution is -2.54. The molecule has 27 heavy (non-hydrogen) atoms. The van der Waals surface area contributed by atoms with Crippen LogP contribution in [-0.4, -0.2) is 71.0 Å². The Labute approximate surface area is 167 Å². The van der Waals surface area contributed by atoms with Crippen LogP contribution in [0, 0.1) is 0 Å². The summed E-state index contributed by atoms with van der Waals surface area (Å²) in [5.41, 5.74) is 2.08. The number of amides is 3. The van der Waals surface area contributed by atoms with E-state index in [0.717, 1.165) is 30.7 Å². The van der Waals surface area contributed by atoms with Gasteiger partial charge in [0.2, 0.25) is 0 Å². The first-order valence-corrected chi connectivity index (χ1v) is 10.7. The molecule has 2 heterocycles. The highest BCUT2D eigenvalue weighted by atomic mass is 32.2. The van der Waals surface area contributed by atoms with Crippen molar-refractivity contribution in [1.82, 2.24) is 14.7 Å². The van der Waals surface area contributed by atoms with Gasteiger partial charge in [-0.3, -0.25) is 4.79 Å². The van der Waals surface area contributed by atoms with E-state index in [9.17, 15) is 9.59 Å². The van der Waals surface area contributed by atoms with Gasteiger partial charge in [0.05, 0.1) is 4.87 Å². The van der Waals surface area contributed by atoms with E-state index in [1.54, 1.807) is 19.0 Å². The number of hydrogen-bond donors (Lipinski definition) is 0. The normalized spacial score (nSPS) is 19.4. The van der Waals surface area contributed by atoms with Crippen LogP contribution in [0.5, 0.6) is 0 Å². The molecule has 148 valence electrons. The highest BCUT2D eigenvalue weighted by Crippen LogP contribution is 2.44. The Kier molecular flexibility index (Phi) is 5.48. The molecule has 5 nitrogen and oxygen atoms in total. The lowest BCUT2D eigenvalue weighted by atomic mass is 9.86. The maximum atomic E-state index is 13.2. The van der Waals surface area contributed by atoms with E-state index in [1.165, 1.54) is 5.56 Å². The van der Waals surface area contributed by atoms with Crippen LogP contribution in [0.25, 0.3) is 0 Å². The van der Waals surface area contributed by atoms with Gasteiger partial charge in [0.25, 0.3) is 5.91 Å². The summed E-state index contributed by atoms with van der Waals surface area (Å²) >= 11 is 1.88. The standard InChI is InChI=1S/C21H31N3O2S/c1-20(2,3)17-8-6-16(7-9-17)18(25)24-14-15-27-21(24)10-12-23(13-11-21)19(26)22(4)5/h6-9H,10-15H2,1-5H3. The van der Waals surface area contributed by atoms with E-state index in [0.29, 0.717) is 13.1 Å². The molecule has 0 aliphatic carbocycles. The van der Waals surface area contributed by atoms with Crippen molar-refractivity contribution >= 4 is 23.7 Å². The van der Waals surface area contributed by atoms with Gasteiger partial charge in [-0.05, 0) is 36.0 Å². The first kappa shape index (κ1) is 20.1. The molecule has 0 saturated carbocycles. The molecular weight excluding hydrogens is 358 g/mol. The molecule has 1 aromatic rings. The number of carbonyl (C=O) groups is 2. The minimum Gasteiger partial charge on any atom is -0.331 e. The molecule has 3 rings (SSSR count). The van der Waals surface area contributed by atoms with Gasteiger partial charge in [-0.15, -0.1) is 11.8 Å². The number of thioether (sulfide) groups is 1. The van der Waals surface area contributed by atoms with Gasteiger partial charge in [-0.25, -0.2) is 4.79 Å². The molecule has 0 aromatic heterocycles. The zero-order chi connectivity index (χ0) is 19.8. The molecule has 2 saturated heterocycles. The number of piperidine rings is 1. The SMILES string of the molecule is CN(C)C(=O)N1CCC2(CC1)SCCN2C(=O)c1ccc(C(C)(C)C)cc1. The summed E-state index contributed by atoms with van der Waals surface area (Å²) in [6, 6.07) is 8.13. The first-order valence-electron chi connectivity index (χ1n) is 9.67. The quantitative estimate of drug-likeness (QED) is 0.736. The minimum absolute atomic E-state index is 0.0588. The van der Waals surface area contributed by atoms with Gasteiger partial charge < -0.3 is 14.7 Å². The van der Waals surface area contributed by atoms with Crippen LogP contribution in [0.2, 0.25) is 0 Å². The van der Waals surface area contributed by atoms with Gasteiger partial charge in [-0.2, -0.15) is 0 Å². The minimum atomic E-state index is -0.164. The molecule has 3 amide bonds. The van der Waals surface area contributed by atoms with E-state index < -0.39 is 0 Å². The number of rotatable bonds is 1. The van der Waals surface area contributed by atoms with Crippen LogP contribution in [-0.2, 0) is 5.41 Å². The second kappa shape index (κ2) is 7.38. The van der Waals surface area contributed by atoms with Crippen molar-refractivity contribution in [3.05, 3.63) is 35.4 Å². The third kappa shape index (κ3) is 3.96. The maximum Gasteiger partial charge on any atom is 0.319 e. The maximum absolute atomic E-state index is 13.2. The molecule has 0 atom stereocenters. The Hall–Kier alpha value is -1.69. The van der Waals surface area contributed by atoms with Gasteiger partial charge in [-0.1, -0.05) is 32.9 Å². The fourth-order valence-corrected chi connectivity index (χ4v) is 5.36. The summed E-state index contributed by atoms with van der Waals surface area (Å²) in [6.07, 6.45) is 1.67. The van der Waals surface area contributed by atoms with E-state index in [1.807, 2.05) is 28.8 Å². The van der Waals surface area contributed by atoms with Crippen molar-refractivity contribution in [3.63, 3.8) is 0 Å². The van der Waals surface area contributed by atoms with E-state index in [4.69, 9.17) is 0 Å². The van der Waals surface area contributed by atoms with Gasteiger partial charge in [0, 0.05) is 45.0 Å². The lowest BCUT2D eigenvalue weighted by molar-refractivity contribution is 0.0569. The second-order valence-electron chi connectivity index (χ2n) is 8.74. The molecule has 0 unspecified atom stereocenters. The van der Waals surface area contributed by atoms with Crippen molar-refractivity contribution in [1.29, 1.82) is 0 Å². The van der Waals surface area contributed by atoms with E-state index in [-0.39, 0.29) is 22.2 Å². The molecule has 0 N–H and O–H groups in total. The Morgan fingerprint density at radius 1 is 1.04 bits per heavy atom. The smallest absolute Gasteiger partial charge is 0.319 e. The number of nitrogens with zero attached hydrogens (tertiary/aromatic N) is 3. The number of hydrogen-bond acceptors (Lipinski definition) is 3. The monoisotopic (exact) mass is 389 g/mol. The fraction of sp³-hybridized carbons (Fsp3) is 0.619. The number of carbonyl (C=O) groups excluding carboxylic acids is 2. The number of urea groups is 1. The van der Waals surface area contributed by atoms with Crippen LogP contribution in [0.3, 0.4) is 0 Å². The fourth-order valence-electron chi connectivity index (χ4n) is 3.91. The average Bonchev–Trinajstić information content (AvgIpc) is 3.03. The molecular formula is C21H31N3O2S. The molecule has 1 aromatic carbocycles. The number of likely N-dealkylation sites (tertiary alicyclic amines) is 1. The van der Waals surface area contributed by atoms with E-state index >= 15 is 0 Å². The summed E-state index contributed by atoms with van der Waals surface area (Å²) in [5, 5.41) is 0. The zero-order valence-electron chi connectivity index (χ0n) is 17.1. The largest absolute Gasteiger partial charge is 0.331 e. The summed E-state index contributed by atoms with van der Waals surface area (Å²) in [7, 11) is 3.57. The molecule has 2 aliphatic heterocycles. The van der Waals surface area contributed by atoms with Crippen LogP contribution in [0.4, 0.5) is 4.79 Å². The van der Waals surface area contributed by atoms with Crippen molar-refractivity contribution in [3.8, 4) is 0 Å². The molecule has 2 fully saturated rings. The Morgan fingerprint density at radius 2 is 1.63 bits per heavy atom. The van der Waals surface area contributed by atoms with Crippen molar-refractivity contribution in [2.45, 2.75) is 43.9 Å². The molecule has 2 aliphatic rings. The molecule has 0 bridgehead atoms. The first-order chi connectivity index (χ1) is 12.6. The van der Waals surface area contributed by atoms with Crippen molar-refractivity contribution < 1.29 is 9.59 Å². The Morgan fingerprint density at radius 3 is 2.15 bits per heavy atom.